The number of ether oxygens (including phenoxy) is 2. The zero-order valence-electron chi connectivity index (χ0n) is 18.4. The van der Waals surface area contributed by atoms with Crippen LogP contribution >= 0.6 is 23.2 Å². The molecule has 2 aromatic heterocycles. The van der Waals surface area contributed by atoms with E-state index in [9.17, 15) is 9.59 Å². The molecule has 0 atom stereocenters. The minimum Gasteiger partial charge on any atom is -0.492 e. The van der Waals surface area contributed by atoms with Gasteiger partial charge >= 0.3 is 5.97 Å². The fourth-order valence-corrected chi connectivity index (χ4v) is 3.39. The molecular formula is C22H23Cl2N5O4. The second-order valence-electron chi connectivity index (χ2n) is 7.27. The number of aromatic nitrogens is 4. The van der Waals surface area contributed by atoms with Crippen molar-refractivity contribution in [2.24, 2.45) is 0 Å². The SMILES string of the molecule is Cc1cc(C)nc(-n2nc(C)cc2NC(=O)COC(=O)CCCOc2ccc(Cl)cc2Cl)n1. The maximum atomic E-state index is 12.3. The van der Waals surface area contributed by atoms with Crippen molar-refractivity contribution in [3.8, 4) is 11.7 Å². The van der Waals surface area contributed by atoms with Crippen LogP contribution < -0.4 is 10.1 Å². The highest BCUT2D eigenvalue weighted by atomic mass is 35.5. The molecule has 0 radical (unpaired) electrons. The summed E-state index contributed by atoms with van der Waals surface area (Å²) in [5.41, 5.74) is 2.23. The number of benzene rings is 1. The summed E-state index contributed by atoms with van der Waals surface area (Å²) >= 11 is 11.9. The third-order valence-electron chi connectivity index (χ3n) is 4.30. The summed E-state index contributed by atoms with van der Waals surface area (Å²) in [5.74, 6) is 0.185. The van der Waals surface area contributed by atoms with Gasteiger partial charge in [0.25, 0.3) is 11.9 Å². The number of nitrogens with zero attached hydrogens (tertiary/aromatic N) is 4. The van der Waals surface area contributed by atoms with Crippen LogP contribution in [0.1, 0.15) is 29.9 Å². The van der Waals surface area contributed by atoms with Crippen LogP contribution in [0.4, 0.5) is 5.82 Å². The largest absolute Gasteiger partial charge is 0.492 e. The van der Waals surface area contributed by atoms with Gasteiger partial charge in [0, 0.05) is 28.9 Å². The average Bonchev–Trinajstić information content (AvgIpc) is 3.10. The molecule has 0 fully saturated rings. The van der Waals surface area contributed by atoms with Crippen LogP contribution in [0, 0.1) is 20.8 Å². The van der Waals surface area contributed by atoms with Crippen LogP contribution in [0.25, 0.3) is 5.95 Å². The highest BCUT2D eigenvalue weighted by Gasteiger charge is 2.15. The molecule has 0 saturated heterocycles. The Morgan fingerprint density at radius 1 is 1.03 bits per heavy atom. The van der Waals surface area contributed by atoms with Gasteiger partial charge in [-0.05, 0) is 51.5 Å². The van der Waals surface area contributed by atoms with Crippen LogP contribution in [0.5, 0.6) is 5.75 Å². The number of aryl methyl sites for hydroxylation is 3. The van der Waals surface area contributed by atoms with E-state index in [-0.39, 0.29) is 13.0 Å². The molecule has 174 valence electrons. The highest BCUT2D eigenvalue weighted by Crippen LogP contribution is 2.27. The van der Waals surface area contributed by atoms with Crippen LogP contribution in [0.2, 0.25) is 10.0 Å². The number of halogens is 2. The Morgan fingerprint density at radius 3 is 2.45 bits per heavy atom. The number of amides is 1. The Balaban J connectivity index is 1.46. The fourth-order valence-electron chi connectivity index (χ4n) is 2.93. The third kappa shape index (κ3) is 7.16. The maximum Gasteiger partial charge on any atom is 0.306 e. The number of hydrogen-bond donors (Lipinski definition) is 1. The maximum absolute atomic E-state index is 12.3. The third-order valence-corrected chi connectivity index (χ3v) is 4.83. The fraction of sp³-hybridized carbons (Fsp3) is 0.318. The summed E-state index contributed by atoms with van der Waals surface area (Å²) in [6.45, 7) is 5.31. The molecular weight excluding hydrogens is 469 g/mol. The van der Waals surface area contributed by atoms with Crippen LogP contribution in [-0.2, 0) is 14.3 Å². The molecule has 0 aliphatic rings. The van der Waals surface area contributed by atoms with Gasteiger partial charge in [0.15, 0.2) is 6.61 Å². The molecule has 33 heavy (non-hydrogen) atoms. The molecule has 1 aromatic carbocycles. The molecule has 0 spiro atoms. The molecule has 0 saturated carbocycles. The number of nitrogens with one attached hydrogen (secondary N) is 1. The quantitative estimate of drug-likeness (QED) is 0.352. The van der Waals surface area contributed by atoms with Crippen LogP contribution in [0.15, 0.2) is 30.3 Å². The van der Waals surface area contributed by atoms with Crippen molar-refractivity contribution in [1.82, 2.24) is 19.7 Å². The lowest BCUT2D eigenvalue weighted by molar-refractivity contribution is -0.147. The summed E-state index contributed by atoms with van der Waals surface area (Å²) in [6, 6.07) is 8.41. The number of carbonyl (C=O) groups excluding carboxylic acids is 2. The van der Waals surface area contributed by atoms with Gasteiger partial charge < -0.3 is 14.8 Å². The molecule has 0 bridgehead atoms. The zero-order valence-corrected chi connectivity index (χ0v) is 19.9. The molecule has 2 heterocycles. The van der Waals surface area contributed by atoms with Gasteiger partial charge in [0.2, 0.25) is 0 Å². The van der Waals surface area contributed by atoms with Gasteiger partial charge in [-0.25, -0.2) is 9.97 Å². The molecule has 3 aromatic rings. The predicted molar refractivity (Wildman–Crippen MR) is 124 cm³/mol. The molecule has 11 heteroatoms. The number of carbonyl (C=O) groups is 2. The second-order valence-corrected chi connectivity index (χ2v) is 8.11. The first-order valence-electron chi connectivity index (χ1n) is 10.1. The van der Waals surface area contributed by atoms with E-state index in [4.69, 9.17) is 32.7 Å². The topological polar surface area (TPSA) is 108 Å². The minimum atomic E-state index is -0.515. The van der Waals surface area contributed by atoms with E-state index >= 15 is 0 Å². The van der Waals surface area contributed by atoms with Gasteiger partial charge in [-0.3, -0.25) is 9.59 Å². The van der Waals surface area contributed by atoms with Crippen molar-refractivity contribution in [1.29, 1.82) is 0 Å². The first kappa shape index (κ1) is 24.5. The lowest BCUT2D eigenvalue weighted by atomic mass is 10.3. The van der Waals surface area contributed by atoms with E-state index in [0.717, 1.165) is 11.4 Å². The molecule has 0 aliphatic carbocycles. The first-order valence-corrected chi connectivity index (χ1v) is 10.9. The van der Waals surface area contributed by atoms with Crippen LogP contribution in [0.3, 0.4) is 0 Å². The summed E-state index contributed by atoms with van der Waals surface area (Å²) in [7, 11) is 0. The van der Waals surface area contributed by atoms with E-state index in [1.165, 1.54) is 4.68 Å². The van der Waals surface area contributed by atoms with Crippen molar-refractivity contribution in [2.75, 3.05) is 18.5 Å². The molecule has 0 aliphatic heterocycles. The van der Waals surface area contributed by atoms with Crippen molar-refractivity contribution in [3.05, 3.63) is 57.5 Å². The standard InChI is InChI=1S/C22H23Cl2N5O4/c1-13-9-14(2)26-22(25-13)29-19(10-15(3)28-29)27-20(30)12-33-21(31)5-4-8-32-18-7-6-16(23)11-17(18)24/h6-7,9-11H,4-5,8,12H2,1-3H3,(H,27,30). The van der Waals surface area contributed by atoms with Gasteiger partial charge in [-0.15, -0.1) is 0 Å². The van der Waals surface area contributed by atoms with E-state index in [1.54, 1.807) is 31.2 Å². The van der Waals surface area contributed by atoms with E-state index in [0.29, 0.717) is 39.7 Å². The number of anilines is 1. The predicted octanol–water partition coefficient (Wildman–Crippen LogP) is 4.24. The normalized spacial score (nSPS) is 10.7. The Kier molecular flexibility index (Phi) is 8.24. The van der Waals surface area contributed by atoms with Crippen molar-refractivity contribution in [3.63, 3.8) is 0 Å². The number of esters is 1. The number of rotatable bonds is 9. The van der Waals surface area contributed by atoms with E-state index in [2.05, 4.69) is 20.4 Å². The molecule has 9 nitrogen and oxygen atoms in total. The lowest BCUT2D eigenvalue weighted by Gasteiger charge is -2.10. The van der Waals surface area contributed by atoms with Gasteiger partial charge in [0.1, 0.15) is 11.6 Å². The van der Waals surface area contributed by atoms with Gasteiger partial charge in [0.05, 0.1) is 17.3 Å². The van der Waals surface area contributed by atoms with Crippen LogP contribution in [-0.4, -0.2) is 44.8 Å². The Bertz CT molecular complexity index is 1150. The van der Waals surface area contributed by atoms with Crippen molar-refractivity contribution < 1.29 is 19.1 Å². The van der Waals surface area contributed by atoms with Crippen molar-refractivity contribution in [2.45, 2.75) is 33.6 Å². The Labute approximate surface area is 201 Å². The molecule has 3 rings (SSSR count). The van der Waals surface area contributed by atoms with E-state index in [1.807, 2.05) is 19.9 Å². The Morgan fingerprint density at radius 2 is 1.76 bits per heavy atom. The zero-order chi connectivity index (χ0) is 24.0. The summed E-state index contributed by atoms with van der Waals surface area (Å²) < 4.78 is 12.0. The van der Waals surface area contributed by atoms with E-state index < -0.39 is 18.5 Å². The molecule has 0 unspecified atom stereocenters. The molecule has 1 N–H and O–H groups in total. The minimum absolute atomic E-state index is 0.0892. The average molecular weight is 492 g/mol. The highest BCUT2D eigenvalue weighted by molar-refractivity contribution is 6.35. The summed E-state index contributed by atoms with van der Waals surface area (Å²) in [4.78, 5) is 33.0. The Hall–Kier alpha value is -3.17. The van der Waals surface area contributed by atoms with Crippen molar-refractivity contribution >= 4 is 40.9 Å². The monoisotopic (exact) mass is 491 g/mol. The summed E-state index contributed by atoms with van der Waals surface area (Å²) in [6.07, 6.45) is 0.487. The first-order chi connectivity index (χ1) is 15.7. The van der Waals surface area contributed by atoms with Gasteiger partial charge in [-0.1, -0.05) is 23.2 Å². The molecule has 1 amide bonds. The smallest absolute Gasteiger partial charge is 0.306 e. The second kappa shape index (κ2) is 11.1. The lowest BCUT2D eigenvalue weighted by Crippen LogP contribution is -2.23. The number of hydrogen-bond acceptors (Lipinski definition) is 7. The summed E-state index contributed by atoms with van der Waals surface area (Å²) in [5, 5.41) is 7.91. The van der Waals surface area contributed by atoms with Gasteiger partial charge in [-0.2, -0.15) is 9.78 Å².